The van der Waals surface area contributed by atoms with Crippen LogP contribution in [0.25, 0.3) is 33.8 Å². The molecule has 2 saturated carbocycles. The second-order valence-corrected chi connectivity index (χ2v) is 16.0. The first-order valence-electron chi connectivity index (χ1n) is 21.0. The quantitative estimate of drug-likeness (QED) is 0.0535. The molecular weight excluding hydrogens is 793 g/mol. The van der Waals surface area contributed by atoms with E-state index in [9.17, 15) is 0 Å². The van der Waals surface area contributed by atoms with Crippen LogP contribution in [0, 0.1) is 6.92 Å². The number of benzene rings is 3. The summed E-state index contributed by atoms with van der Waals surface area (Å²) in [5, 5.41) is 37.3. The Balaban J connectivity index is 0.727. The van der Waals surface area contributed by atoms with Gasteiger partial charge in [-0.25, -0.2) is 9.97 Å². The molecule has 0 spiro atoms. The third kappa shape index (κ3) is 8.59. The smallest absolute Gasteiger partial charge is 0.225 e. The molecule has 2 aliphatic carbocycles. The lowest BCUT2D eigenvalue weighted by Crippen LogP contribution is -2.06. The minimum Gasteiger partial charge on any atom is -0.359 e. The Hall–Kier alpha value is -8.14. The summed E-state index contributed by atoms with van der Waals surface area (Å²) in [5.41, 5.74) is 9.62. The maximum absolute atomic E-state index is 5.73. The number of hydrogen-bond acceptors (Lipinski definition) is 14. The zero-order valence-corrected chi connectivity index (χ0v) is 34.2. The fraction of sp³-hybridized carbons (Fsp3) is 0.191. The van der Waals surface area contributed by atoms with Crippen molar-refractivity contribution in [2.75, 3.05) is 21.3 Å². The van der Waals surface area contributed by atoms with Crippen molar-refractivity contribution in [2.45, 2.75) is 57.0 Å². The summed E-state index contributed by atoms with van der Waals surface area (Å²) in [6, 6.07) is 38.3. The van der Waals surface area contributed by atoms with Crippen LogP contribution in [-0.2, 0) is 13.1 Å². The van der Waals surface area contributed by atoms with Crippen molar-refractivity contribution in [2.24, 2.45) is 0 Å². The van der Waals surface area contributed by atoms with E-state index in [1.165, 1.54) is 18.4 Å². The summed E-state index contributed by atoms with van der Waals surface area (Å²) < 4.78 is 11.3. The van der Waals surface area contributed by atoms with Crippen LogP contribution >= 0.6 is 0 Å². The molecule has 6 aromatic heterocycles. The van der Waals surface area contributed by atoms with Gasteiger partial charge in [0.2, 0.25) is 11.9 Å². The van der Waals surface area contributed by atoms with Gasteiger partial charge in [-0.3, -0.25) is 10.2 Å². The molecule has 0 saturated heterocycles. The molecule has 9 aromatic rings. The number of H-pyrrole nitrogens is 2. The molecule has 2 aliphatic rings. The first-order valence-corrected chi connectivity index (χ1v) is 21.0. The highest BCUT2D eigenvalue weighted by Crippen LogP contribution is 2.54. The molecule has 0 radical (unpaired) electrons. The first-order chi connectivity index (χ1) is 31.0. The Kier molecular flexibility index (Phi) is 9.83. The molecule has 312 valence electrons. The summed E-state index contributed by atoms with van der Waals surface area (Å²) in [6.07, 6.45) is 5.20. The van der Waals surface area contributed by atoms with Gasteiger partial charge in [-0.15, -0.1) is 0 Å². The number of aromatic nitrogens is 10. The SMILES string of the molecule is Cc1cnc(NCc2cc(-c3cccc(C4CC4c4cc(Nc5cc(-c6ccccc6)nc(NCc6cc(-c7ccccc7)no6)n5)n[nH]4)c3)no2)nc1Nc1cc(C2CC2)[nH]n1. The van der Waals surface area contributed by atoms with Crippen molar-refractivity contribution in [3.63, 3.8) is 0 Å². The molecule has 2 unspecified atom stereocenters. The summed E-state index contributed by atoms with van der Waals surface area (Å²) in [7, 11) is 0. The van der Waals surface area contributed by atoms with Crippen molar-refractivity contribution in [3.05, 3.63) is 155 Å². The second kappa shape index (κ2) is 16.4. The van der Waals surface area contributed by atoms with E-state index in [-0.39, 0.29) is 0 Å². The van der Waals surface area contributed by atoms with Crippen LogP contribution in [0.5, 0.6) is 0 Å². The van der Waals surface area contributed by atoms with Gasteiger partial charge in [-0.2, -0.15) is 20.2 Å². The monoisotopic (exact) mass is 834 g/mol. The lowest BCUT2D eigenvalue weighted by atomic mass is 10.0. The number of anilines is 6. The van der Waals surface area contributed by atoms with Crippen molar-refractivity contribution in [1.82, 2.24) is 50.6 Å². The van der Waals surface area contributed by atoms with Gasteiger partial charge in [0, 0.05) is 82.0 Å². The van der Waals surface area contributed by atoms with Gasteiger partial charge in [0.05, 0.1) is 18.8 Å². The molecule has 16 nitrogen and oxygen atoms in total. The molecule has 6 heterocycles. The van der Waals surface area contributed by atoms with Crippen LogP contribution in [0.15, 0.2) is 131 Å². The van der Waals surface area contributed by atoms with E-state index >= 15 is 0 Å². The normalized spacial score (nSPS) is 15.6. The van der Waals surface area contributed by atoms with Gasteiger partial charge in [0.15, 0.2) is 23.2 Å². The number of hydrogen-bond donors (Lipinski definition) is 6. The summed E-state index contributed by atoms with van der Waals surface area (Å²) in [6.45, 7) is 2.70. The van der Waals surface area contributed by atoms with Crippen LogP contribution in [0.1, 0.15) is 71.1 Å². The van der Waals surface area contributed by atoms with E-state index in [0.29, 0.717) is 71.7 Å². The Morgan fingerprint density at radius 3 is 1.98 bits per heavy atom. The molecule has 0 bridgehead atoms. The van der Waals surface area contributed by atoms with Crippen LogP contribution in [0.3, 0.4) is 0 Å². The van der Waals surface area contributed by atoms with E-state index in [1.807, 2.05) is 85.8 Å². The minimum atomic E-state index is 0.299. The summed E-state index contributed by atoms with van der Waals surface area (Å²) >= 11 is 0. The van der Waals surface area contributed by atoms with Gasteiger partial charge in [-0.05, 0) is 43.7 Å². The fourth-order valence-corrected chi connectivity index (χ4v) is 7.69. The Morgan fingerprint density at radius 1 is 0.587 bits per heavy atom. The molecule has 2 fully saturated rings. The van der Waals surface area contributed by atoms with Gasteiger partial charge < -0.3 is 30.3 Å². The second-order valence-electron chi connectivity index (χ2n) is 16.0. The molecule has 16 heteroatoms. The standard InChI is InChI=1S/C47H42N14O2/c1-27-24-48-46(55-45(27)53-44-22-38(56-59-44)30-15-16-30)49-25-34-19-40(61-63-34)32-14-8-13-31(17-32)35-20-36(35)41-23-43(58-57-41)52-42-21-37(28-9-4-2-5-10-28)51-47(54-42)50-26-33-18-39(60-62-33)29-11-6-3-7-12-29/h2-14,17-19,21-24,30,35-36H,15-16,20,25-26H2,1H3,(H3,48,49,53,55,56,59)(H3,50,51,52,54,57,58). The number of rotatable bonds is 16. The van der Waals surface area contributed by atoms with E-state index in [0.717, 1.165) is 63.0 Å². The highest BCUT2D eigenvalue weighted by Gasteiger charge is 2.41. The largest absolute Gasteiger partial charge is 0.359 e. The highest BCUT2D eigenvalue weighted by molar-refractivity contribution is 5.67. The summed E-state index contributed by atoms with van der Waals surface area (Å²) in [5.74, 6) is 6.21. The maximum Gasteiger partial charge on any atom is 0.225 e. The lowest BCUT2D eigenvalue weighted by Gasteiger charge is -2.10. The van der Waals surface area contributed by atoms with Crippen molar-refractivity contribution in [1.29, 1.82) is 0 Å². The van der Waals surface area contributed by atoms with Gasteiger partial charge >= 0.3 is 0 Å². The van der Waals surface area contributed by atoms with E-state index < -0.39 is 0 Å². The number of aromatic amines is 2. The predicted octanol–water partition coefficient (Wildman–Crippen LogP) is 9.86. The van der Waals surface area contributed by atoms with Gasteiger partial charge in [-0.1, -0.05) is 89.2 Å². The molecule has 0 aliphatic heterocycles. The maximum atomic E-state index is 5.73. The van der Waals surface area contributed by atoms with Crippen LogP contribution in [-0.4, -0.2) is 50.6 Å². The predicted molar refractivity (Wildman–Crippen MR) is 239 cm³/mol. The minimum absolute atomic E-state index is 0.299. The van der Waals surface area contributed by atoms with Crippen molar-refractivity contribution in [3.8, 4) is 33.8 Å². The topological polar surface area (TPSA) is 209 Å². The number of nitrogens with one attached hydrogen (secondary N) is 6. The summed E-state index contributed by atoms with van der Waals surface area (Å²) in [4.78, 5) is 18.7. The molecule has 0 amide bonds. The number of aryl methyl sites for hydroxylation is 1. The average Bonchev–Trinajstić information content (AvgIpc) is 4.03. The fourth-order valence-electron chi connectivity index (χ4n) is 7.69. The average molecular weight is 835 g/mol. The molecular formula is C47H42N14O2. The third-order valence-electron chi connectivity index (χ3n) is 11.3. The van der Waals surface area contributed by atoms with Crippen molar-refractivity contribution >= 4 is 35.2 Å². The van der Waals surface area contributed by atoms with E-state index in [1.54, 1.807) is 6.20 Å². The van der Waals surface area contributed by atoms with E-state index in [2.05, 4.69) is 98.3 Å². The Labute approximate surface area is 361 Å². The lowest BCUT2D eigenvalue weighted by molar-refractivity contribution is 0.389. The molecule has 11 rings (SSSR count). The molecule has 3 aromatic carbocycles. The van der Waals surface area contributed by atoms with E-state index in [4.69, 9.17) is 19.0 Å². The van der Waals surface area contributed by atoms with Gasteiger partial charge in [0.1, 0.15) is 23.0 Å². The molecule has 63 heavy (non-hydrogen) atoms. The van der Waals surface area contributed by atoms with Gasteiger partial charge in [0.25, 0.3) is 0 Å². The van der Waals surface area contributed by atoms with Crippen LogP contribution in [0.2, 0.25) is 0 Å². The molecule has 6 N–H and O–H groups in total. The third-order valence-corrected chi connectivity index (χ3v) is 11.3. The van der Waals surface area contributed by atoms with Crippen LogP contribution in [0.4, 0.5) is 35.2 Å². The highest BCUT2D eigenvalue weighted by atomic mass is 16.5. The zero-order chi connectivity index (χ0) is 42.1. The van der Waals surface area contributed by atoms with Crippen LogP contribution < -0.4 is 21.3 Å². The zero-order valence-electron chi connectivity index (χ0n) is 34.2. The van der Waals surface area contributed by atoms with Crippen molar-refractivity contribution < 1.29 is 9.05 Å². The first kappa shape index (κ1) is 37.8. The molecule has 2 atom stereocenters. The Bertz CT molecular complexity index is 3010. The number of nitrogens with zero attached hydrogens (tertiary/aromatic N) is 8. The Morgan fingerprint density at radius 2 is 1.24 bits per heavy atom.